The molecule has 0 atom stereocenters. The molecule has 0 spiro atoms. The summed E-state index contributed by atoms with van der Waals surface area (Å²) in [6.07, 6.45) is 3.45. The van der Waals surface area contributed by atoms with E-state index in [1.807, 2.05) is 67.6 Å². The second-order valence-corrected chi connectivity index (χ2v) is 7.90. The van der Waals surface area contributed by atoms with Crippen molar-refractivity contribution in [1.29, 1.82) is 0 Å². The van der Waals surface area contributed by atoms with Crippen molar-refractivity contribution in [1.82, 2.24) is 0 Å². The number of para-hydroxylation sites is 2. The van der Waals surface area contributed by atoms with E-state index in [0.29, 0.717) is 0 Å². The van der Waals surface area contributed by atoms with E-state index < -0.39 is 0 Å². The standard InChI is InChI=1S/C24H27NO2/c1-18-17-19(24(2,3)4)15-16-22(18)27-23(26)25(20-11-7-5-8-12-20)21-13-9-6-10-14-21/h5-14,17H,15-16H2,1-4H3. The van der Waals surface area contributed by atoms with Crippen molar-refractivity contribution in [2.24, 2.45) is 5.41 Å². The highest BCUT2D eigenvalue weighted by Gasteiger charge is 2.25. The molecule has 2 aromatic rings. The topological polar surface area (TPSA) is 29.5 Å². The molecule has 27 heavy (non-hydrogen) atoms. The number of anilines is 2. The van der Waals surface area contributed by atoms with E-state index in [-0.39, 0.29) is 11.5 Å². The molecule has 0 aromatic heterocycles. The fourth-order valence-corrected chi connectivity index (χ4v) is 3.25. The van der Waals surface area contributed by atoms with Gasteiger partial charge in [-0.1, -0.05) is 68.8 Å². The molecular weight excluding hydrogens is 334 g/mol. The van der Waals surface area contributed by atoms with E-state index in [9.17, 15) is 4.79 Å². The number of benzene rings is 2. The fraction of sp³-hybridized carbons (Fsp3) is 0.292. The number of rotatable bonds is 3. The molecule has 3 nitrogen and oxygen atoms in total. The summed E-state index contributed by atoms with van der Waals surface area (Å²) in [5, 5.41) is 0. The zero-order chi connectivity index (χ0) is 19.4. The monoisotopic (exact) mass is 361 g/mol. The molecule has 140 valence electrons. The summed E-state index contributed by atoms with van der Waals surface area (Å²) >= 11 is 0. The molecule has 0 fully saturated rings. The van der Waals surface area contributed by atoms with Crippen molar-refractivity contribution in [3.63, 3.8) is 0 Å². The summed E-state index contributed by atoms with van der Waals surface area (Å²) in [5.74, 6) is 0.755. The van der Waals surface area contributed by atoms with Crippen molar-refractivity contribution < 1.29 is 9.53 Å². The molecule has 2 aromatic carbocycles. The number of amides is 1. The average Bonchev–Trinajstić information content (AvgIpc) is 2.64. The van der Waals surface area contributed by atoms with Crippen molar-refractivity contribution >= 4 is 17.5 Å². The summed E-state index contributed by atoms with van der Waals surface area (Å²) in [5.41, 5.74) is 4.13. The van der Waals surface area contributed by atoms with Crippen LogP contribution >= 0.6 is 0 Å². The third kappa shape index (κ3) is 4.48. The van der Waals surface area contributed by atoms with Crippen molar-refractivity contribution in [2.75, 3.05) is 4.90 Å². The molecule has 0 radical (unpaired) electrons. The van der Waals surface area contributed by atoms with E-state index >= 15 is 0 Å². The second-order valence-electron chi connectivity index (χ2n) is 7.90. The summed E-state index contributed by atoms with van der Waals surface area (Å²) in [6.45, 7) is 8.67. The Morgan fingerprint density at radius 3 is 1.85 bits per heavy atom. The van der Waals surface area contributed by atoms with Gasteiger partial charge in [-0.15, -0.1) is 0 Å². The molecule has 0 N–H and O–H groups in total. The van der Waals surface area contributed by atoms with Crippen LogP contribution in [0.3, 0.4) is 0 Å². The Morgan fingerprint density at radius 2 is 1.41 bits per heavy atom. The van der Waals surface area contributed by atoms with Gasteiger partial charge in [0.15, 0.2) is 0 Å². The van der Waals surface area contributed by atoms with Crippen LogP contribution in [0.4, 0.5) is 16.2 Å². The van der Waals surface area contributed by atoms with Crippen molar-refractivity contribution in [3.05, 3.63) is 83.6 Å². The van der Waals surface area contributed by atoms with Crippen LogP contribution < -0.4 is 4.90 Å². The first kappa shape index (κ1) is 19.0. The maximum Gasteiger partial charge on any atom is 0.424 e. The highest BCUT2D eigenvalue weighted by atomic mass is 16.6. The van der Waals surface area contributed by atoms with Gasteiger partial charge in [0.25, 0.3) is 0 Å². The quantitative estimate of drug-likeness (QED) is 0.589. The van der Waals surface area contributed by atoms with Gasteiger partial charge >= 0.3 is 6.09 Å². The fourth-order valence-electron chi connectivity index (χ4n) is 3.25. The Balaban J connectivity index is 1.89. The summed E-state index contributed by atoms with van der Waals surface area (Å²) in [7, 11) is 0. The molecule has 0 saturated heterocycles. The molecule has 0 heterocycles. The number of hydrogen-bond acceptors (Lipinski definition) is 2. The molecule has 1 aliphatic rings. The SMILES string of the molecule is CC1=C(OC(=O)N(c2ccccc2)c2ccccc2)CCC(C(C)(C)C)=C1. The minimum atomic E-state index is -0.380. The van der Waals surface area contributed by atoms with Gasteiger partial charge in [-0.2, -0.15) is 0 Å². The lowest BCUT2D eigenvalue weighted by Crippen LogP contribution is -2.27. The van der Waals surface area contributed by atoms with Crippen LogP contribution in [0, 0.1) is 5.41 Å². The molecular formula is C24H27NO2. The molecule has 1 aliphatic carbocycles. The molecule has 0 aliphatic heterocycles. The molecule has 0 unspecified atom stereocenters. The minimum absolute atomic E-state index is 0.136. The number of nitrogens with zero attached hydrogens (tertiary/aromatic N) is 1. The van der Waals surface area contributed by atoms with Crippen molar-refractivity contribution in [2.45, 2.75) is 40.5 Å². The van der Waals surface area contributed by atoms with Gasteiger partial charge in [-0.05, 0) is 48.6 Å². The van der Waals surface area contributed by atoms with Gasteiger partial charge in [-0.25, -0.2) is 9.69 Å². The van der Waals surface area contributed by atoms with Crippen LogP contribution in [0.5, 0.6) is 0 Å². The zero-order valence-electron chi connectivity index (χ0n) is 16.5. The second kappa shape index (κ2) is 7.83. The largest absolute Gasteiger partial charge is 0.424 e. The smallest absolute Gasteiger partial charge is 0.414 e. The van der Waals surface area contributed by atoms with Crippen LogP contribution in [-0.4, -0.2) is 6.09 Å². The van der Waals surface area contributed by atoms with Gasteiger partial charge in [-0.3, -0.25) is 0 Å². The van der Waals surface area contributed by atoms with Gasteiger partial charge in [0.05, 0.1) is 11.4 Å². The predicted molar refractivity (Wildman–Crippen MR) is 111 cm³/mol. The highest BCUT2D eigenvalue weighted by Crippen LogP contribution is 2.36. The Morgan fingerprint density at radius 1 is 0.889 bits per heavy atom. The number of allylic oxidation sites excluding steroid dienone is 4. The lowest BCUT2D eigenvalue weighted by Gasteiger charge is -2.28. The van der Waals surface area contributed by atoms with E-state index in [2.05, 4.69) is 26.8 Å². The van der Waals surface area contributed by atoms with E-state index in [0.717, 1.165) is 35.5 Å². The average molecular weight is 361 g/mol. The predicted octanol–water partition coefficient (Wildman–Crippen LogP) is 7.00. The van der Waals surface area contributed by atoms with Crippen LogP contribution in [0.15, 0.2) is 83.6 Å². The van der Waals surface area contributed by atoms with Gasteiger partial charge in [0, 0.05) is 6.42 Å². The summed E-state index contributed by atoms with van der Waals surface area (Å²) < 4.78 is 5.86. The Labute approximate surface area is 162 Å². The lowest BCUT2D eigenvalue weighted by molar-refractivity contribution is 0.181. The van der Waals surface area contributed by atoms with Gasteiger partial charge in [0.1, 0.15) is 5.76 Å². The van der Waals surface area contributed by atoms with Gasteiger partial charge in [0.2, 0.25) is 0 Å². The maximum absolute atomic E-state index is 13.1. The summed E-state index contributed by atoms with van der Waals surface area (Å²) in [4.78, 5) is 14.7. The van der Waals surface area contributed by atoms with E-state index in [1.54, 1.807) is 4.90 Å². The van der Waals surface area contributed by atoms with E-state index in [4.69, 9.17) is 4.74 Å². The number of carbonyl (C=O) groups excluding carboxylic acids is 1. The van der Waals surface area contributed by atoms with Crippen LogP contribution in [0.1, 0.15) is 40.5 Å². The normalized spacial score (nSPS) is 14.6. The molecule has 0 bridgehead atoms. The molecule has 3 heteroatoms. The van der Waals surface area contributed by atoms with Crippen molar-refractivity contribution in [3.8, 4) is 0 Å². The van der Waals surface area contributed by atoms with Crippen LogP contribution in [0.2, 0.25) is 0 Å². The third-order valence-electron chi connectivity index (χ3n) is 4.84. The Kier molecular flexibility index (Phi) is 5.50. The Bertz CT molecular complexity index is 819. The van der Waals surface area contributed by atoms with Crippen LogP contribution in [0.25, 0.3) is 0 Å². The first-order valence-electron chi connectivity index (χ1n) is 9.39. The Hall–Kier alpha value is -2.81. The summed E-state index contributed by atoms with van der Waals surface area (Å²) in [6, 6.07) is 19.2. The number of ether oxygens (including phenoxy) is 1. The minimum Gasteiger partial charge on any atom is -0.414 e. The zero-order valence-corrected chi connectivity index (χ0v) is 16.5. The number of hydrogen-bond donors (Lipinski definition) is 0. The highest BCUT2D eigenvalue weighted by molar-refractivity contribution is 5.96. The molecule has 3 rings (SSSR count). The third-order valence-corrected chi connectivity index (χ3v) is 4.84. The molecule has 1 amide bonds. The number of carbonyl (C=O) groups is 1. The first-order chi connectivity index (χ1) is 12.9. The van der Waals surface area contributed by atoms with Gasteiger partial charge < -0.3 is 4.74 Å². The molecule has 0 saturated carbocycles. The lowest BCUT2D eigenvalue weighted by atomic mass is 9.80. The van der Waals surface area contributed by atoms with E-state index in [1.165, 1.54) is 5.57 Å². The first-order valence-corrected chi connectivity index (χ1v) is 9.39. The maximum atomic E-state index is 13.1. The van der Waals surface area contributed by atoms with Crippen LogP contribution in [-0.2, 0) is 4.74 Å².